The lowest BCUT2D eigenvalue weighted by molar-refractivity contribution is -0.116. The van der Waals surface area contributed by atoms with Crippen molar-refractivity contribution in [2.24, 2.45) is 0 Å². The van der Waals surface area contributed by atoms with Gasteiger partial charge in [0.25, 0.3) is 10.2 Å². The van der Waals surface area contributed by atoms with E-state index in [1.165, 1.54) is 12.3 Å². The van der Waals surface area contributed by atoms with Crippen LogP contribution in [0.5, 0.6) is 0 Å². The number of alkyl halides is 2. The first-order valence-electron chi connectivity index (χ1n) is 3.72. The maximum absolute atomic E-state index is 11.6. The van der Waals surface area contributed by atoms with E-state index in [-0.39, 0.29) is 11.4 Å². The molecule has 0 fully saturated rings. The van der Waals surface area contributed by atoms with E-state index in [1.54, 1.807) is 6.07 Å². The maximum Gasteiger partial charge on any atom is 0.270 e. The second kappa shape index (κ2) is 2.93. The van der Waals surface area contributed by atoms with Crippen molar-refractivity contribution >= 4 is 40.7 Å². The number of aromatic nitrogens is 1. The first kappa shape index (κ1) is 9.43. The molecule has 0 saturated heterocycles. The molecule has 0 aliphatic carbocycles. The van der Waals surface area contributed by atoms with Gasteiger partial charge in [0.15, 0.2) is 0 Å². The van der Waals surface area contributed by atoms with Crippen LogP contribution in [0.1, 0.15) is 10.4 Å². The van der Waals surface area contributed by atoms with E-state index >= 15 is 0 Å². The van der Waals surface area contributed by atoms with Crippen LogP contribution >= 0.6 is 23.2 Å². The zero-order chi connectivity index (χ0) is 10.3. The van der Waals surface area contributed by atoms with Gasteiger partial charge in [0.1, 0.15) is 5.82 Å². The monoisotopic (exact) mass is 230 g/mol. The number of ketones is 1. The highest BCUT2D eigenvalue weighted by atomic mass is 35.5. The van der Waals surface area contributed by atoms with Gasteiger partial charge < -0.3 is 5.32 Å². The molecule has 1 amide bonds. The Bertz CT molecular complexity index is 431. The number of halogens is 2. The Morgan fingerprint density at radius 2 is 2.07 bits per heavy atom. The fraction of sp³-hybridized carbons (Fsp3) is 0.125. The molecule has 0 spiro atoms. The Labute approximate surface area is 89.2 Å². The summed E-state index contributed by atoms with van der Waals surface area (Å²) < 4.78 is -2.05. The lowest BCUT2D eigenvalue weighted by atomic mass is 10.0. The van der Waals surface area contributed by atoms with Crippen molar-refractivity contribution in [3.05, 3.63) is 23.9 Å². The van der Waals surface area contributed by atoms with Crippen LogP contribution in [-0.2, 0) is 4.79 Å². The second-order valence-corrected chi connectivity index (χ2v) is 4.08. The highest BCUT2D eigenvalue weighted by molar-refractivity contribution is 6.71. The predicted molar refractivity (Wildman–Crippen MR) is 51.6 cm³/mol. The van der Waals surface area contributed by atoms with Crippen LogP contribution in [0.3, 0.4) is 0 Å². The topological polar surface area (TPSA) is 59.1 Å². The largest absolute Gasteiger partial charge is 0.307 e. The van der Waals surface area contributed by atoms with E-state index in [9.17, 15) is 9.59 Å². The Morgan fingerprint density at radius 3 is 2.79 bits per heavy atom. The summed E-state index contributed by atoms with van der Waals surface area (Å²) in [7, 11) is 0. The first-order valence-corrected chi connectivity index (χ1v) is 4.48. The van der Waals surface area contributed by atoms with Crippen molar-refractivity contribution in [3.8, 4) is 0 Å². The summed E-state index contributed by atoms with van der Waals surface area (Å²) in [5.41, 5.74) is 0.220. The predicted octanol–water partition coefficient (Wildman–Crippen LogP) is 1.39. The molecule has 0 saturated carbocycles. The molecule has 2 rings (SSSR count). The van der Waals surface area contributed by atoms with Crippen molar-refractivity contribution < 1.29 is 9.59 Å². The quantitative estimate of drug-likeness (QED) is 0.542. The van der Waals surface area contributed by atoms with Crippen molar-refractivity contribution in [1.29, 1.82) is 0 Å². The van der Waals surface area contributed by atoms with E-state index in [1.807, 2.05) is 0 Å². The standard InChI is InChI=1S/C8H4Cl2N2O2/c9-8(10)5(13)4-2-1-3-11-6(4)12-7(8)14/h1-3H,(H,11,12,14). The number of carbonyl (C=O) groups excluding carboxylic acids is 2. The van der Waals surface area contributed by atoms with Gasteiger partial charge in [0, 0.05) is 6.20 Å². The number of nitrogens with one attached hydrogen (secondary N) is 1. The summed E-state index contributed by atoms with van der Waals surface area (Å²) in [6.07, 6.45) is 1.46. The van der Waals surface area contributed by atoms with Gasteiger partial charge in [-0.3, -0.25) is 9.59 Å². The fourth-order valence-electron chi connectivity index (χ4n) is 1.15. The third kappa shape index (κ3) is 1.19. The second-order valence-electron chi connectivity index (χ2n) is 2.76. The highest BCUT2D eigenvalue weighted by Crippen LogP contribution is 2.33. The number of pyridine rings is 1. The molecule has 4 nitrogen and oxygen atoms in total. The lowest BCUT2D eigenvalue weighted by Crippen LogP contribution is -2.44. The lowest BCUT2D eigenvalue weighted by Gasteiger charge is -2.23. The minimum absolute atomic E-state index is 0.194. The molecule has 1 aliphatic heterocycles. The van der Waals surface area contributed by atoms with Crippen molar-refractivity contribution in [2.75, 3.05) is 5.32 Å². The van der Waals surface area contributed by atoms with Crippen LogP contribution in [0.15, 0.2) is 18.3 Å². The SMILES string of the molecule is O=C1Nc2ncccc2C(=O)C1(Cl)Cl. The van der Waals surface area contributed by atoms with Gasteiger partial charge in [-0.1, -0.05) is 23.2 Å². The molecule has 1 aromatic rings. The van der Waals surface area contributed by atoms with Gasteiger partial charge in [0.05, 0.1) is 5.56 Å². The van der Waals surface area contributed by atoms with Crippen LogP contribution < -0.4 is 5.32 Å². The van der Waals surface area contributed by atoms with Gasteiger partial charge >= 0.3 is 0 Å². The average Bonchev–Trinajstić information content (AvgIpc) is 2.15. The smallest absolute Gasteiger partial charge is 0.270 e. The zero-order valence-electron chi connectivity index (χ0n) is 6.75. The molecule has 1 aliphatic rings. The molecule has 2 heterocycles. The van der Waals surface area contributed by atoms with E-state index in [0.29, 0.717) is 0 Å². The van der Waals surface area contributed by atoms with Gasteiger partial charge in [-0.25, -0.2) is 4.98 Å². The van der Waals surface area contributed by atoms with Crippen molar-refractivity contribution in [1.82, 2.24) is 4.98 Å². The van der Waals surface area contributed by atoms with E-state index in [0.717, 1.165) is 0 Å². The first-order chi connectivity index (χ1) is 6.53. The molecule has 0 unspecified atom stereocenters. The number of rotatable bonds is 0. The molecule has 0 bridgehead atoms. The minimum Gasteiger partial charge on any atom is -0.307 e. The Kier molecular flexibility index (Phi) is 1.97. The molecule has 0 atom stereocenters. The van der Waals surface area contributed by atoms with E-state index in [4.69, 9.17) is 23.2 Å². The molecule has 0 aromatic carbocycles. The molecule has 1 aromatic heterocycles. The number of hydrogen-bond donors (Lipinski definition) is 1. The summed E-state index contributed by atoms with van der Waals surface area (Å²) in [6.45, 7) is 0. The molecular formula is C8H4Cl2N2O2. The van der Waals surface area contributed by atoms with Crippen molar-refractivity contribution in [3.63, 3.8) is 0 Å². The zero-order valence-corrected chi connectivity index (χ0v) is 8.26. The van der Waals surface area contributed by atoms with Gasteiger partial charge in [-0.15, -0.1) is 0 Å². The van der Waals surface area contributed by atoms with Gasteiger partial charge in [-0.05, 0) is 12.1 Å². The molecule has 6 heteroatoms. The normalized spacial score (nSPS) is 18.7. The van der Waals surface area contributed by atoms with E-state index in [2.05, 4.69) is 10.3 Å². The minimum atomic E-state index is -2.05. The summed E-state index contributed by atoms with van der Waals surface area (Å²) in [5.74, 6) is -1.22. The number of fused-ring (bicyclic) bond motifs is 1. The number of Topliss-reactive ketones (excluding diaryl/α,β-unsaturated/α-hetero) is 1. The molecule has 1 N–H and O–H groups in total. The van der Waals surface area contributed by atoms with Crippen molar-refractivity contribution in [2.45, 2.75) is 4.33 Å². The molecule has 72 valence electrons. The third-order valence-electron chi connectivity index (χ3n) is 1.85. The summed E-state index contributed by atoms with van der Waals surface area (Å²) in [4.78, 5) is 26.7. The summed E-state index contributed by atoms with van der Waals surface area (Å²) in [5, 5.41) is 2.35. The van der Waals surface area contributed by atoms with Crippen LogP contribution in [0.2, 0.25) is 0 Å². The molecule has 14 heavy (non-hydrogen) atoms. The fourth-order valence-corrected chi connectivity index (χ4v) is 1.44. The average molecular weight is 231 g/mol. The Balaban J connectivity index is 2.61. The van der Waals surface area contributed by atoms with Gasteiger partial charge in [0.2, 0.25) is 5.78 Å². The van der Waals surface area contributed by atoms with Crippen LogP contribution in [0.25, 0.3) is 0 Å². The Morgan fingerprint density at radius 1 is 1.36 bits per heavy atom. The maximum atomic E-state index is 11.6. The third-order valence-corrected chi connectivity index (χ3v) is 2.54. The number of hydrogen-bond acceptors (Lipinski definition) is 3. The molecular weight excluding hydrogens is 227 g/mol. The number of anilines is 1. The van der Waals surface area contributed by atoms with Gasteiger partial charge in [-0.2, -0.15) is 0 Å². The summed E-state index contributed by atoms with van der Waals surface area (Å²) in [6, 6.07) is 3.07. The number of amides is 1. The highest BCUT2D eigenvalue weighted by Gasteiger charge is 2.47. The molecule has 0 radical (unpaired) electrons. The Hall–Kier alpha value is -1.13. The number of carbonyl (C=O) groups is 2. The van der Waals surface area contributed by atoms with E-state index < -0.39 is 16.0 Å². The number of nitrogens with zero attached hydrogens (tertiary/aromatic N) is 1. The summed E-state index contributed by atoms with van der Waals surface area (Å²) >= 11 is 11.2. The van der Waals surface area contributed by atoms with Crippen LogP contribution in [-0.4, -0.2) is 21.0 Å². The van der Waals surface area contributed by atoms with Crippen LogP contribution in [0, 0.1) is 0 Å². The van der Waals surface area contributed by atoms with Crippen LogP contribution in [0.4, 0.5) is 5.82 Å².